The first-order chi connectivity index (χ1) is 9.15. The predicted molar refractivity (Wildman–Crippen MR) is 76.3 cm³/mol. The Labute approximate surface area is 115 Å². The highest BCUT2D eigenvalue weighted by Gasteiger charge is 2.17. The Bertz CT molecular complexity index is 425. The van der Waals surface area contributed by atoms with Crippen LogP contribution < -0.4 is 0 Å². The zero-order valence-electron chi connectivity index (χ0n) is 11.9. The molecule has 1 atom stereocenters. The number of likely N-dealkylation sites (tertiary alicyclic amines) is 1. The highest BCUT2D eigenvalue weighted by atomic mass is 16.5. The van der Waals surface area contributed by atoms with Crippen molar-refractivity contribution in [2.24, 2.45) is 0 Å². The van der Waals surface area contributed by atoms with Crippen LogP contribution in [0, 0.1) is 6.92 Å². The van der Waals surface area contributed by atoms with Crippen LogP contribution in [0.25, 0.3) is 0 Å². The summed E-state index contributed by atoms with van der Waals surface area (Å²) in [6.07, 6.45) is 3.80. The van der Waals surface area contributed by atoms with Gasteiger partial charge in [0.15, 0.2) is 0 Å². The zero-order chi connectivity index (χ0) is 13.7. The van der Waals surface area contributed by atoms with Gasteiger partial charge < -0.3 is 4.74 Å². The van der Waals surface area contributed by atoms with E-state index in [2.05, 4.69) is 4.90 Å². The zero-order valence-corrected chi connectivity index (χ0v) is 11.9. The second-order valence-corrected chi connectivity index (χ2v) is 5.45. The normalized spacial score (nSPS) is 18.0. The van der Waals surface area contributed by atoms with Crippen LogP contribution in [-0.4, -0.2) is 36.6 Å². The number of carbonyl (C=O) groups excluding carboxylic acids is 1. The van der Waals surface area contributed by atoms with Crippen LogP contribution >= 0.6 is 0 Å². The smallest absolute Gasteiger partial charge is 0.338 e. The number of esters is 1. The van der Waals surface area contributed by atoms with Crippen molar-refractivity contribution in [3.63, 3.8) is 0 Å². The average molecular weight is 261 g/mol. The maximum Gasteiger partial charge on any atom is 0.338 e. The molecule has 0 spiro atoms. The van der Waals surface area contributed by atoms with Crippen LogP contribution in [0.15, 0.2) is 24.3 Å². The molecule has 0 aliphatic carbocycles. The van der Waals surface area contributed by atoms with Crippen LogP contribution in [0.5, 0.6) is 0 Å². The molecule has 0 aromatic heterocycles. The van der Waals surface area contributed by atoms with Gasteiger partial charge in [-0.25, -0.2) is 4.79 Å². The molecule has 1 fully saturated rings. The van der Waals surface area contributed by atoms with Crippen molar-refractivity contribution in [3.8, 4) is 0 Å². The maximum atomic E-state index is 12.0. The fraction of sp³-hybridized carbons (Fsp3) is 0.562. The number of rotatable bonds is 4. The van der Waals surface area contributed by atoms with E-state index in [1.54, 1.807) is 0 Å². The fourth-order valence-electron chi connectivity index (χ4n) is 2.57. The van der Waals surface area contributed by atoms with Crippen LogP contribution in [0.3, 0.4) is 0 Å². The molecule has 1 aliphatic rings. The molecule has 3 heteroatoms. The van der Waals surface area contributed by atoms with Gasteiger partial charge in [-0.2, -0.15) is 0 Å². The molecular weight excluding hydrogens is 238 g/mol. The van der Waals surface area contributed by atoms with Gasteiger partial charge >= 0.3 is 5.97 Å². The lowest BCUT2D eigenvalue weighted by Gasteiger charge is -2.28. The highest BCUT2D eigenvalue weighted by molar-refractivity contribution is 5.89. The van der Waals surface area contributed by atoms with Gasteiger partial charge in [-0.05, 0) is 51.9 Å². The summed E-state index contributed by atoms with van der Waals surface area (Å²) in [5, 5.41) is 0. The second-order valence-electron chi connectivity index (χ2n) is 5.45. The molecule has 1 saturated heterocycles. The third-order valence-electron chi connectivity index (χ3n) is 3.53. The van der Waals surface area contributed by atoms with Crippen LogP contribution in [0.1, 0.15) is 42.1 Å². The Morgan fingerprint density at radius 1 is 1.32 bits per heavy atom. The molecule has 0 N–H and O–H groups in total. The van der Waals surface area contributed by atoms with E-state index in [-0.39, 0.29) is 12.1 Å². The Hall–Kier alpha value is -1.35. The summed E-state index contributed by atoms with van der Waals surface area (Å²) < 4.78 is 5.51. The Kier molecular flexibility index (Phi) is 4.97. The Balaban J connectivity index is 1.84. The van der Waals surface area contributed by atoms with Gasteiger partial charge in [-0.3, -0.25) is 4.90 Å². The minimum Gasteiger partial charge on any atom is -0.458 e. The highest BCUT2D eigenvalue weighted by Crippen LogP contribution is 2.11. The fourth-order valence-corrected chi connectivity index (χ4v) is 2.57. The van der Waals surface area contributed by atoms with Crippen molar-refractivity contribution in [2.45, 2.75) is 39.2 Å². The molecule has 19 heavy (non-hydrogen) atoms. The largest absolute Gasteiger partial charge is 0.458 e. The average Bonchev–Trinajstić information content (AvgIpc) is 2.39. The number of aryl methyl sites for hydroxylation is 1. The molecule has 3 nitrogen and oxygen atoms in total. The van der Waals surface area contributed by atoms with Crippen molar-refractivity contribution < 1.29 is 9.53 Å². The molecule has 0 bridgehead atoms. The van der Waals surface area contributed by atoms with Crippen molar-refractivity contribution >= 4 is 5.97 Å². The van der Waals surface area contributed by atoms with Crippen LogP contribution in [0.2, 0.25) is 0 Å². The lowest BCUT2D eigenvalue weighted by molar-refractivity contribution is 0.0236. The molecule has 1 aromatic carbocycles. The third-order valence-corrected chi connectivity index (χ3v) is 3.53. The van der Waals surface area contributed by atoms with E-state index in [1.165, 1.54) is 19.3 Å². The van der Waals surface area contributed by atoms with Gasteiger partial charge in [-0.15, -0.1) is 0 Å². The number of hydrogen-bond donors (Lipinski definition) is 0. The molecule has 2 rings (SSSR count). The van der Waals surface area contributed by atoms with Crippen LogP contribution in [-0.2, 0) is 4.74 Å². The lowest BCUT2D eigenvalue weighted by Crippen LogP contribution is -2.37. The first-order valence-corrected chi connectivity index (χ1v) is 7.15. The molecular formula is C16H23NO2. The van der Waals surface area contributed by atoms with Crippen molar-refractivity contribution in [1.82, 2.24) is 4.90 Å². The standard InChI is InChI=1S/C16H23NO2/c1-13-7-6-8-15(11-13)16(18)19-14(2)12-17-9-4-3-5-10-17/h6-8,11,14H,3-5,9-10,12H2,1-2H3/t14-/m0/s1. The minimum absolute atomic E-state index is 0.0499. The summed E-state index contributed by atoms with van der Waals surface area (Å²) in [5.74, 6) is -0.215. The molecule has 0 radical (unpaired) electrons. The van der Waals surface area contributed by atoms with E-state index < -0.39 is 0 Å². The summed E-state index contributed by atoms with van der Waals surface area (Å²) in [4.78, 5) is 14.4. The van der Waals surface area contributed by atoms with Gasteiger partial charge in [0.05, 0.1) is 5.56 Å². The van der Waals surface area contributed by atoms with Gasteiger partial charge in [-0.1, -0.05) is 24.1 Å². The number of nitrogens with zero attached hydrogens (tertiary/aromatic N) is 1. The first-order valence-electron chi connectivity index (χ1n) is 7.15. The van der Waals surface area contributed by atoms with E-state index in [4.69, 9.17) is 4.74 Å². The Morgan fingerprint density at radius 3 is 2.74 bits per heavy atom. The second kappa shape index (κ2) is 6.71. The van der Waals surface area contributed by atoms with Gasteiger partial charge in [0.25, 0.3) is 0 Å². The Morgan fingerprint density at radius 2 is 2.05 bits per heavy atom. The van der Waals surface area contributed by atoms with E-state index >= 15 is 0 Å². The van der Waals surface area contributed by atoms with Gasteiger partial charge in [0.1, 0.15) is 6.10 Å². The number of benzene rings is 1. The van der Waals surface area contributed by atoms with E-state index in [1.807, 2.05) is 38.1 Å². The summed E-state index contributed by atoms with van der Waals surface area (Å²) in [6, 6.07) is 7.55. The van der Waals surface area contributed by atoms with E-state index in [9.17, 15) is 4.79 Å². The SMILES string of the molecule is Cc1cccc(C(=O)O[C@@H](C)CN2CCCCC2)c1. The molecule has 1 heterocycles. The molecule has 0 saturated carbocycles. The molecule has 0 amide bonds. The third kappa shape index (κ3) is 4.35. The summed E-state index contributed by atoms with van der Waals surface area (Å²) in [5.41, 5.74) is 1.73. The van der Waals surface area contributed by atoms with E-state index in [0.717, 1.165) is 25.2 Å². The van der Waals surface area contributed by atoms with Crippen molar-refractivity contribution in [1.29, 1.82) is 0 Å². The number of piperidine rings is 1. The van der Waals surface area contributed by atoms with Crippen molar-refractivity contribution in [3.05, 3.63) is 35.4 Å². The van der Waals surface area contributed by atoms with Crippen molar-refractivity contribution in [2.75, 3.05) is 19.6 Å². The van der Waals surface area contributed by atoms with Gasteiger partial charge in [0, 0.05) is 6.54 Å². The summed E-state index contributed by atoms with van der Waals surface area (Å²) in [6.45, 7) is 7.06. The molecule has 1 aliphatic heterocycles. The predicted octanol–water partition coefficient (Wildman–Crippen LogP) is 3.03. The molecule has 0 unspecified atom stereocenters. The van der Waals surface area contributed by atoms with Crippen LogP contribution in [0.4, 0.5) is 0 Å². The number of ether oxygens (including phenoxy) is 1. The molecule has 104 valence electrons. The quantitative estimate of drug-likeness (QED) is 0.780. The minimum atomic E-state index is -0.215. The number of carbonyl (C=O) groups is 1. The molecule has 1 aromatic rings. The van der Waals surface area contributed by atoms with Gasteiger partial charge in [0.2, 0.25) is 0 Å². The lowest BCUT2D eigenvalue weighted by atomic mass is 10.1. The topological polar surface area (TPSA) is 29.5 Å². The summed E-state index contributed by atoms with van der Waals surface area (Å²) >= 11 is 0. The number of hydrogen-bond acceptors (Lipinski definition) is 3. The maximum absolute atomic E-state index is 12.0. The summed E-state index contributed by atoms with van der Waals surface area (Å²) in [7, 11) is 0. The van der Waals surface area contributed by atoms with E-state index in [0.29, 0.717) is 5.56 Å². The monoisotopic (exact) mass is 261 g/mol. The first kappa shape index (κ1) is 14.1.